The van der Waals surface area contributed by atoms with Crippen molar-refractivity contribution < 1.29 is 19.2 Å². The smallest absolute Gasteiger partial charge is 0.250 e. The second kappa shape index (κ2) is 15.5. The van der Waals surface area contributed by atoms with Crippen LogP contribution in [0.5, 0.6) is 0 Å². The molecule has 4 heterocycles. The van der Waals surface area contributed by atoms with Gasteiger partial charge in [-0.25, -0.2) is 9.97 Å². The molecule has 2 aliphatic rings. The molecule has 4 N–H and O–H groups in total. The van der Waals surface area contributed by atoms with Gasteiger partial charge in [0.1, 0.15) is 23.7 Å². The van der Waals surface area contributed by atoms with E-state index in [1.165, 1.54) is 13.8 Å². The van der Waals surface area contributed by atoms with Crippen LogP contribution in [0.4, 0.5) is 0 Å². The summed E-state index contributed by atoms with van der Waals surface area (Å²) in [4.78, 5) is 72.2. The summed E-state index contributed by atoms with van der Waals surface area (Å²) < 4.78 is 0. The number of hydrogen-bond donors (Lipinski definition) is 4. The molecule has 4 amide bonds. The van der Waals surface area contributed by atoms with Crippen molar-refractivity contribution in [3.05, 3.63) is 131 Å². The van der Waals surface area contributed by atoms with Crippen molar-refractivity contribution in [2.75, 3.05) is 13.1 Å². The molecule has 2 saturated heterocycles. The van der Waals surface area contributed by atoms with E-state index in [2.05, 4.69) is 32.4 Å². The van der Waals surface area contributed by atoms with Crippen molar-refractivity contribution in [3.63, 3.8) is 0 Å². The number of nitrogens with one attached hydrogen (secondary N) is 4. The molecular weight excluding hydrogens is 705 g/mol. The first kappa shape index (κ1) is 36.2. The Labute approximate surface area is 324 Å². The van der Waals surface area contributed by atoms with Crippen LogP contribution in [0.25, 0.3) is 22.1 Å². The first-order valence-corrected chi connectivity index (χ1v) is 19.0. The molecule has 0 saturated carbocycles. The second-order valence-electron chi connectivity index (χ2n) is 14.4. The lowest BCUT2D eigenvalue weighted by Gasteiger charge is -2.28. The Morgan fingerprint density at radius 1 is 0.625 bits per heavy atom. The standard InChI is InChI=1S/C44H42N8O4/c1-27(53)45-39(31-11-5-3-6-12-31)43(55)51-23-9-15-37(51)41-47-33-21-19-29(25-35(33)49-41)17-18-30-20-22-34-36(26-30)50-42(48-34)38-16-10-24-52(38)44(56)40(46-28(2)54)32-13-7-4-8-14-32/h3-8,11-14,19-22,25-26,37-40H,9-10,15-16,23-24H2,1-2H3,(H,45,53)(H,46,54)(H,47,49)(H,48,50)/t37-,38-,39+,40+/m0/s1. The van der Waals surface area contributed by atoms with Gasteiger partial charge in [0.25, 0.3) is 0 Å². The van der Waals surface area contributed by atoms with Crippen LogP contribution < -0.4 is 10.6 Å². The molecule has 12 nitrogen and oxygen atoms in total. The summed E-state index contributed by atoms with van der Waals surface area (Å²) in [5.74, 6) is 7.11. The molecule has 0 aliphatic carbocycles. The van der Waals surface area contributed by atoms with Crippen LogP contribution in [0.15, 0.2) is 97.1 Å². The summed E-state index contributed by atoms with van der Waals surface area (Å²) in [6.45, 7) is 4.00. The van der Waals surface area contributed by atoms with Crippen LogP contribution in [0.1, 0.15) is 97.6 Å². The molecule has 0 unspecified atom stereocenters. The third kappa shape index (κ3) is 7.48. The molecule has 4 aromatic carbocycles. The van der Waals surface area contributed by atoms with Gasteiger partial charge in [-0.3, -0.25) is 19.2 Å². The number of hydrogen-bond acceptors (Lipinski definition) is 6. The maximum atomic E-state index is 13.9. The number of likely N-dealkylation sites (tertiary alicyclic amines) is 2. The van der Waals surface area contributed by atoms with Gasteiger partial charge >= 0.3 is 0 Å². The quantitative estimate of drug-likeness (QED) is 0.142. The number of rotatable bonds is 8. The van der Waals surface area contributed by atoms with E-state index in [-0.39, 0.29) is 35.7 Å². The summed E-state index contributed by atoms with van der Waals surface area (Å²) in [6, 6.07) is 28.2. The van der Waals surface area contributed by atoms with Gasteiger partial charge < -0.3 is 30.4 Å². The minimum atomic E-state index is -0.775. The van der Waals surface area contributed by atoms with E-state index in [4.69, 9.17) is 9.97 Å². The number of aromatic nitrogens is 4. The molecular formula is C44H42N8O4. The molecule has 8 rings (SSSR count). The van der Waals surface area contributed by atoms with Crippen LogP contribution in [0, 0.1) is 11.8 Å². The third-order valence-corrected chi connectivity index (χ3v) is 10.5. The fourth-order valence-electron chi connectivity index (χ4n) is 7.90. The van der Waals surface area contributed by atoms with E-state index in [9.17, 15) is 19.2 Å². The Balaban J connectivity index is 0.990. The Hall–Kier alpha value is -6.74. The molecule has 12 heteroatoms. The molecule has 282 valence electrons. The highest BCUT2D eigenvalue weighted by molar-refractivity contribution is 5.89. The van der Waals surface area contributed by atoms with Crippen molar-refractivity contribution in [1.29, 1.82) is 0 Å². The van der Waals surface area contributed by atoms with E-state index >= 15 is 0 Å². The van der Waals surface area contributed by atoms with Gasteiger partial charge in [-0.05, 0) is 73.2 Å². The maximum absolute atomic E-state index is 13.9. The number of amides is 4. The Morgan fingerprint density at radius 2 is 1.11 bits per heavy atom. The first-order valence-electron chi connectivity index (χ1n) is 19.0. The van der Waals surface area contributed by atoms with E-state index in [1.807, 2.05) is 107 Å². The normalized spacial score (nSPS) is 17.7. The second-order valence-corrected chi connectivity index (χ2v) is 14.4. The lowest BCUT2D eigenvalue weighted by Crippen LogP contribution is -2.42. The predicted octanol–water partition coefficient (Wildman–Crippen LogP) is 5.92. The van der Waals surface area contributed by atoms with E-state index in [1.54, 1.807) is 0 Å². The van der Waals surface area contributed by atoms with Gasteiger partial charge in [0.05, 0.1) is 34.2 Å². The number of fused-ring (bicyclic) bond motifs is 2. The minimum absolute atomic E-state index is 0.157. The fourth-order valence-corrected chi connectivity index (χ4v) is 7.90. The topological polar surface area (TPSA) is 156 Å². The van der Waals surface area contributed by atoms with Gasteiger partial charge in [0, 0.05) is 38.1 Å². The van der Waals surface area contributed by atoms with Crippen molar-refractivity contribution >= 4 is 45.7 Å². The molecule has 0 radical (unpaired) electrons. The zero-order valence-electron chi connectivity index (χ0n) is 31.2. The summed E-state index contributed by atoms with van der Waals surface area (Å²) in [6.07, 6.45) is 3.19. The SMILES string of the molecule is CC(=O)N[C@@H](C(=O)N1CCC[C@H]1c1nc2cc(C#Cc3ccc4nc([C@@H]5CCCN5C(=O)[C@H](NC(C)=O)c5ccccc5)[nH]c4c3)ccc2[nH]1)c1ccccc1. The fraction of sp³-hybridized carbons (Fsp3) is 0.273. The minimum Gasteiger partial charge on any atom is -0.341 e. The molecule has 4 atom stereocenters. The lowest BCUT2D eigenvalue weighted by molar-refractivity contribution is -0.137. The van der Waals surface area contributed by atoms with Crippen LogP contribution in [0.2, 0.25) is 0 Å². The van der Waals surface area contributed by atoms with Crippen molar-refractivity contribution in [1.82, 2.24) is 40.4 Å². The van der Waals surface area contributed by atoms with Gasteiger partial charge in [0.15, 0.2) is 0 Å². The summed E-state index contributed by atoms with van der Waals surface area (Å²) in [5.41, 5.74) is 6.28. The molecule has 56 heavy (non-hydrogen) atoms. The molecule has 0 bridgehead atoms. The van der Waals surface area contributed by atoms with Crippen molar-refractivity contribution in [2.45, 2.75) is 63.7 Å². The molecule has 2 fully saturated rings. The van der Waals surface area contributed by atoms with E-state index in [0.29, 0.717) is 24.7 Å². The highest BCUT2D eigenvalue weighted by Crippen LogP contribution is 2.35. The molecule has 2 aliphatic heterocycles. The number of carbonyl (C=O) groups excluding carboxylic acids is 4. The number of nitrogens with zero attached hydrogens (tertiary/aromatic N) is 4. The number of H-pyrrole nitrogens is 2. The van der Waals surface area contributed by atoms with Gasteiger partial charge in [0.2, 0.25) is 23.6 Å². The Bertz CT molecular complexity index is 2330. The highest BCUT2D eigenvalue weighted by atomic mass is 16.2. The van der Waals surface area contributed by atoms with Gasteiger partial charge in [-0.1, -0.05) is 72.5 Å². The lowest BCUT2D eigenvalue weighted by atomic mass is 10.0. The predicted molar refractivity (Wildman–Crippen MR) is 212 cm³/mol. The van der Waals surface area contributed by atoms with Gasteiger partial charge in [-0.15, -0.1) is 0 Å². The zero-order chi connectivity index (χ0) is 38.8. The highest BCUT2D eigenvalue weighted by Gasteiger charge is 2.38. The van der Waals surface area contributed by atoms with Crippen LogP contribution >= 0.6 is 0 Å². The van der Waals surface area contributed by atoms with Crippen molar-refractivity contribution in [2.24, 2.45) is 0 Å². The zero-order valence-corrected chi connectivity index (χ0v) is 31.2. The summed E-state index contributed by atoms with van der Waals surface area (Å²) >= 11 is 0. The van der Waals surface area contributed by atoms with Crippen LogP contribution in [0.3, 0.4) is 0 Å². The van der Waals surface area contributed by atoms with Crippen LogP contribution in [-0.2, 0) is 19.2 Å². The summed E-state index contributed by atoms with van der Waals surface area (Å²) in [7, 11) is 0. The molecule has 6 aromatic rings. The Kier molecular flexibility index (Phi) is 10.1. The number of aromatic amines is 2. The maximum Gasteiger partial charge on any atom is 0.250 e. The third-order valence-electron chi connectivity index (χ3n) is 10.5. The average Bonchev–Trinajstić information content (AvgIpc) is 4.03. The largest absolute Gasteiger partial charge is 0.341 e. The number of carbonyl (C=O) groups is 4. The monoisotopic (exact) mass is 746 g/mol. The first-order chi connectivity index (χ1) is 27.2. The summed E-state index contributed by atoms with van der Waals surface area (Å²) in [5, 5.41) is 5.68. The van der Waals surface area contributed by atoms with Crippen LogP contribution in [-0.4, -0.2) is 66.5 Å². The van der Waals surface area contributed by atoms with E-state index < -0.39 is 12.1 Å². The number of benzene rings is 4. The number of imidazole rings is 2. The average molecular weight is 747 g/mol. The molecule has 2 aromatic heterocycles. The van der Waals surface area contributed by atoms with Crippen molar-refractivity contribution in [3.8, 4) is 11.8 Å². The van der Waals surface area contributed by atoms with Gasteiger partial charge in [-0.2, -0.15) is 0 Å². The Morgan fingerprint density at radius 3 is 1.64 bits per heavy atom. The molecule has 0 spiro atoms. The van der Waals surface area contributed by atoms with E-state index in [0.717, 1.165) is 70.0 Å².